The smallest absolute Gasteiger partial charge is 0.253 e. The molecule has 0 fully saturated rings. The van der Waals surface area contributed by atoms with Gasteiger partial charge in [-0.2, -0.15) is 0 Å². The Morgan fingerprint density at radius 2 is 2.10 bits per heavy atom. The van der Waals surface area contributed by atoms with Gasteiger partial charge in [0.25, 0.3) is 5.91 Å². The Morgan fingerprint density at radius 1 is 1.25 bits per heavy atom. The molecule has 2 N–H and O–H groups in total. The van der Waals surface area contributed by atoms with Crippen LogP contribution in [0.15, 0.2) is 42.6 Å². The van der Waals surface area contributed by atoms with Crippen LogP contribution in [0.2, 0.25) is 0 Å². The number of aromatic nitrogens is 1. The topological polar surface area (TPSA) is 54.0 Å². The SMILES string of the molecule is CCNc1ccc(C)cc1C(=O)NCc1ccccn1. The molecule has 1 amide bonds. The first kappa shape index (κ1) is 14.1. The summed E-state index contributed by atoms with van der Waals surface area (Å²) in [7, 11) is 0. The van der Waals surface area contributed by atoms with Crippen molar-refractivity contribution in [3.8, 4) is 0 Å². The van der Waals surface area contributed by atoms with Crippen molar-refractivity contribution in [2.75, 3.05) is 11.9 Å². The molecule has 1 aromatic heterocycles. The summed E-state index contributed by atoms with van der Waals surface area (Å²) >= 11 is 0. The van der Waals surface area contributed by atoms with Gasteiger partial charge < -0.3 is 10.6 Å². The molecule has 0 unspecified atom stereocenters. The lowest BCUT2D eigenvalue weighted by atomic mass is 10.1. The zero-order chi connectivity index (χ0) is 14.4. The van der Waals surface area contributed by atoms with E-state index in [2.05, 4.69) is 15.6 Å². The van der Waals surface area contributed by atoms with Gasteiger partial charge in [0.1, 0.15) is 0 Å². The first-order valence-corrected chi connectivity index (χ1v) is 6.73. The number of hydrogen-bond donors (Lipinski definition) is 2. The number of pyridine rings is 1. The molecule has 0 aliphatic heterocycles. The molecule has 0 saturated heterocycles. The van der Waals surface area contributed by atoms with E-state index in [0.717, 1.165) is 23.5 Å². The number of nitrogens with zero attached hydrogens (tertiary/aromatic N) is 1. The minimum atomic E-state index is -0.0877. The highest BCUT2D eigenvalue weighted by Gasteiger charge is 2.11. The van der Waals surface area contributed by atoms with Gasteiger partial charge in [-0.15, -0.1) is 0 Å². The molecule has 0 bridgehead atoms. The lowest BCUT2D eigenvalue weighted by Gasteiger charge is -2.12. The predicted molar refractivity (Wildman–Crippen MR) is 80.7 cm³/mol. The van der Waals surface area contributed by atoms with E-state index in [1.807, 2.05) is 50.2 Å². The van der Waals surface area contributed by atoms with Crippen LogP contribution in [0.25, 0.3) is 0 Å². The summed E-state index contributed by atoms with van der Waals surface area (Å²) < 4.78 is 0. The first-order valence-electron chi connectivity index (χ1n) is 6.73. The molecule has 0 radical (unpaired) electrons. The molecule has 0 aliphatic carbocycles. The molecule has 0 aliphatic rings. The van der Waals surface area contributed by atoms with Crippen LogP contribution in [0.5, 0.6) is 0 Å². The minimum Gasteiger partial charge on any atom is -0.385 e. The predicted octanol–water partition coefficient (Wildman–Crippen LogP) is 2.75. The van der Waals surface area contributed by atoms with Gasteiger partial charge in [-0.1, -0.05) is 17.7 Å². The molecular weight excluding hydrogens is 250 g/mol. The van der Waals surface area contributed by atoms with Crippen molar-refractivity contribution in [1.82, 2.24) is 10.3 Å². The molecule has 0 atom stereocenters. The molecule has 2 rings (SSSR count). The first-order chi connectivity index (χ1) is 9.70. The molecule has 1 aromatic carbocycles. The summed E-state index contributed by atoms with van der Waals surface area (Å²) in [4.78, 5) is 16.5. The Hall–Kier alpha value is -2.36. The van der Waals surface area contributed by atoms with Gasteiger partial charge in [0.2, 0.25) is 0 Å². The second kappa shape index (κ2) is 6.70. The molecule has 20 heavy (non-hydrogen) atoms. The van der Waals surface area contributed by atoms with E-state index < -0.39 is 0 Å². The highest BCUT2D eigenvalue weighted by Crippen LogP contribution is 2.17. The van der Waals surface area contributed by atoms with Crippen LogP contribution >= 0.6 is 0 Å². The number of carbonyl (C=O) groups excluding carboxylic acids is 1. The fourth-order valence-corrected chi connectivity index (χ4v) is 1.96. The number of aryl methyl sites for hydroxylation is 1. The monoisotopic (exact) mass is 269 g/mol. The summed E-state index contributed by atoms with van der Waals surface area (Å²) in [5, 5.41) is 6.11. The lowest BCUT2D eigenvalue weighted by molar-refractivity contribution is 0.0951. The van der Waals surface area contributed by atoms with E-state index in [0.29, 0.717) is 12.1 Å². The Labute approximate surface area is 119 Å². The van der Waals surface area contributed by atoms with E-state index in [-0.39, 0.29) is 5.91 Å². The number of amides is 1. The minimum absolute atomic E-state index is 0.0877. The second-order valence-corrected chi connectivity index (χ2v) is 4.58. The molecule has 0 spiro atoms. The van der Waals surface area contributed by atoms with Crippen LogP contribution in [0.3, 0.4) is 0 Å². The zero-order valence-corrected chi connectivity index (χ0v) is 11.8. The molecule has 4 heteroatoms. The molecule has 4 nitrogen and oxygen atoms in total. The summed E-state index contributed by atoms with van der Waals surface area (Å²) in [5.74, 6) is -0.0877. The van der Waals surface area contributed by atoms with Crippen LogP contribution in [0, 0.1) is 6.92 Å². The van der Waals surface area contributed by atoms with E-state index in [1.54, 1.807) is 6.20 Å². The summed E-state index contributed by atoms with van der Waals surface area (Å²) in [6.45, 7) is 5.20. The van der Waals surface area contributed by atoms with Crippen molar-refractivity contribution < 1.29 is 4.79 Å². The quantitative estimate of drug-likeness (QED) is 0.877. The number of carbonyl (C=O) groups is 1. The Kier molecular flexibility index (Phi) is 4.71. The van der Waals surface area contributed by atoms with Gasteiger partial charge in [-0.05, 0) is 38.1 Å². The number of rotatable bonds is 5. The summed E-state index contributed by atoms with van der Waals surface area (Å²) in [6.07, 6.45) is 1.72. The highest BCUT2D eigenvalue weighted by molar-refractivity contribution is 5.99. The standard InChI is InChI=1S/C16H19N3O/c1-3-17-15-8-7-12(2)10-14(15)16(20)19-11-13-6-4-5-9-18-13/h4-10,17H,3,11H2,1-2H3,(H,19,20). The molecule has 0 saturated carbocycles. The molecule has 104 valence electrons. The average Bonchev–Trinajstić information content (AvgIpc) is 2.48. The van der Waals surface area contributed by atoms with Gasteiger partial charge in [0, 0.05) is 18.4 Å². The van der Waals surface area contributed by atoms with Crippen molar-refractivity contribution >= 4 is 11.6 Å². The number of hydrogen-bond acceptors (Lipinski definition) is 3. The van der Waals surface area contributed by atoms with Gasteiger partial charge in [0.15, 0.2) is 0 Å². The summed E-state index contributed by atoms with van der Waals surface area (Å²) in [6, 6.07) is 11.5. The summed E-state index contributed by atoms with van der Waals surface area (Å²) in [5.41, 5.74) is 3.44. The average molecular weight is 269 g/mol. The Bertz CT molecular complexity index is 582. The van der Waals surface area contributed by atoms with Gasteiger partial charge >= 0.3 is 0 Å². The van der Waals surface area contributed by atoms with Gasteiger partial charge in [0.05, 0.1) is 17.8 Å². The van der Waals surface area contributed by atoms with Crippen LogP contribution in [0.1, 0.15) is 28.5 Å². The maximum Gasteiger partial charge on any atom is 0.253 e. The van der Waals surface area contributed by atoms with E-state index in [4.69, 9.17) is 0 Å². The molecule has 2 aromatic rings. The fraction of sp³-hybridized carbons (Fsp3) is 0.250. The van der Waals surface area contributed by atoms with Gasteiger partial charge in [-0.25, -0.2) is 0 Å². The third kappa shape index (κ3) is 3.57. The van der Waals surface area contributed by atoms with Crippen molar-refractivity contribution in [1.29, 1.82) is 0 Å². The van der Waals surface area contributed by atoms with Crippen LogP contribution < -0.4 is 10.6 Å². The maximum atomic E-state index is 12.3. The lowest BCUT2D eigenvalue weighted by Crippen LogP contribution is -2.24. The van der Waals surface area contributed by atoms with Crippen molar-refractivity contribution in [2.45, 2.75) is 20.4 Å². The molecular formula is C16H19N3O. The maximum absolute atomic E-state index is 12.3. The van der Waals surface area contributed by atoms with E-state index in [1.165, 1.54) is 0 Å². The molecule has 1 heterocycles. The van der Waals surface area contributed by atoms with Crippen molar-refractivity contribution in [3.63, 3.8) is 0 Å². The third-order valence-electron chi connectivity index (χ3n) is 2.94. The highest BCUT2D eigenvalue weighted by atomic mass is 16.1. The van der Waals surface area contributed by atoms with Crippen LogP contribution in [0.4, 0.5) is 5.69 Å². The van der Waals surface area contributed by atoms with Crippen LogP contribution in [-0.4, -0.2) is 17.4 Å². The number of benzene rings is 1. The second-order valence-electron chi connectivity index (χ2n) is 4.58. The van der Waals surface area contributed by atoms with Crippen LogP contribution in [-0.2, 0) is 6.54 Å². The third-order valence-corrected chi connectivity index (χ3v) is 2.94. The van der Waals surface area contributed by atoms with Crippen molar-refractivity contribution in [2.24, 2.45) is 0 Å². The largest absolute Gasteiger partial charge is 0.385 e. The zero-order valence-electron chi connectivity index (χ0n) is 11.8. The van der Waals surface area contributed by atoms with Crippen molar-refractivity contribution in [3.05, 3.63) is 59.4 Å². The fourth-order valence-electron chi connectivity index (χ4n) is 1.96. The van der Waals surface area contributed by atoms with E-state index in [9.17, 15) is 4.79 Å². The number of anilines is 1. The van der Waals surface area contributed by atoms with Gasteiger partial charge in [-0.3, -0.25) is 9.78 Å². The van der Waals surface area contributed by atoms with E-state index >= 15 is 0 Å². The Morgan fingerprint density at radius 3 is 2.80 bits per heavy atom. The number of nitrogens with one attached hydrogen (secondary N) is 2. The normalized spacial score (nSPS) is 10.1. The Balaban J connectivity index is 2.10.